The smallest absolute Gasteiger partial charge is 0.306 e. The minimum atomic E-state index is -0.783. The lowest BCUT2D eigenvalue weighted by atomic mass is 10.0. The third-order valence-corrected chi connectivity index (χ3v) is 14.8. The summed E-state index contributed by atoms with van der Waals surface area (Å²) in [5, 5.41) is 0. The van der Waals surface area contributed by atoms with Crippen molar-refractivity contribution in [2.75, 3.05) is 13.2 Å². The van der Waals surface area contributed by atoms with Gasteiger partial charge >= 0.3 is 17.9 Å². The van der Waals surface area contributed by atoms with E-state index in [9.17, 15) is 14.4 Å². The summed E-state index contributed by atoms with van der Waals surface area (Å²) in [6.45, 7) is 6.57. The quantitative estimate of drug-likeness (QED) is 0.0261. The molecular weight excluding hydrogens is 937 g/mol. The second kappa shape index (κ2) is 64.6. The maximum Gasteiger partial charge on any atom is 0.306 e. The number of esters is 3. The Morgan fingerprint density at radius 2 is 0.513 bits per heavy atom. The summed E-state index contributed by atoms with van der Waals surface area (Å²) in [5.74, 6) is -0.874. The molecule has 0 amide bonds. The Morgan fingerprint density at radius 1 is 0.276 bits per heavy atom. The highest BCUT2D eigenvalue weighted by atomic mass is 16.6. The van der Waals surface area contributed by atoms with Crippen LogP contribution in [-0.4, -0.2) is 37.2 Å². The molecule has 0 aromatic heterocycles. The number of carbonyl (C=O) groups is 3. The summed E-state index contributed by atoms with van der Waals surface area (Å²) in [7, 11) is 0. The van der Waals surface area contributed by atoms with E-state index >= 15 is 0 Å². The van der Waals surface area contributed by atoms with E-state index in [1.54, 1.807) is 0 Å². The van der Waals surface area contributed by atoms with Gasteiger partial charge in [-0.05, 0) is 64.2 Å². The first-order chi connectivity index (χ1) is 37.5. The highest BCUT2D eigenvalue weighted by Crippen LogP contribution is 2.18. The van der Waals surface area contributed by atoms with E-state index in [0.29, 0.717) is 19.3 Å². The molecule has 6 nitrogen and oxygen atoms in total. The topological polar surface area (TPSA) is 78.9 Å². The fourth-order valence-corrected chi connectivity index (χ4v) is 9.83. The van der Waals surface area contributed by atoms with Crippen LogP contribution in [0.5, 0.6) is 0 Å². The average molecular weight is 1060 g/mol. The maximum absolute atomic E-state index is 12.9. The summed E-state index contributed by atoms with van der Waals surface area (Å²) in [4.78, 5) is 38.4. The number of hydrogen-bond donors (Lipinski definition) is 0. The summed E-state index contributed by atoms with van der Waals surface area (Å²) >= 11 is 0. The number of allylic oxidation sites excluding steroid dienone is 10. The van der Waals surface area contributed by atoms with Crippen LogP contribution in [0.1, 0.15) is 348 Å². The molecule has 0 aliphatic carbocycles. The molecule has 0 heterocycles. The first-order valence-corrected chi connectivity index (χ1v) is 33.3. The number of ether oxygens (including phenoxy) is 3. The van der Waals surface area contributed by atoms with Crippen LogP contribution in [0.3, 0.4) is 0 Å². The molecule has 0 radical (unpaired) electrons. The zero-order valence-corrected chi connectivity index (χ0v) is 50.8. The zero-order chi connectivity index (χ0) is 55.0. The van der Waals surface area contributed by atoms with E-state index < -0.39 is 6.10 Å². The van der Waals surface area contributed by atoms with Gasteiger partial charge in [0.05, 0.1) is 0 Å². The lowest BCUT2D eigenvalue weighted by Crippen LogP contribution is -2.30. The molecule has 76 heavy (non-hydrogen) atoms. The molecule has 0 aliphatic heterocycles. The van der Waals surface area contributed by atoms with Crippen LogP contribution in [0.15, 0.2) is 60.8 Å². The van der Waals surface area contributed by atoms with E-state index in [0.717, 1.165) is 109 Å². The third kappa shape index (κ3) is 62.0. The zero-order valence-electron chi connectivity index (χ0n) is 50.8. The van der Waals surface area contributed by atoms with E-state index in [1.165, 1.54) is 199 Å². The largest absolute Gasteiger partial charge is 0.462 e. The van der Waals surface area contributed by atoms with Crippen molar-refractivity contribution < 1.29 is 28.6 Å². The van der Waals surface area contributed by atoms with Gasteiger partial charge in [0.1, 0.15) is 13.2 Å². The van der Waals surface area contributed by atoms with Crippen molar-refractivity contribution in [3.8, 4) is 0 Å². The summed E-state index contributed by atoms with van der Waals surface area (Å²) in [6.07, 6.45) is 82.3. The Bertz CT molecular complexity index is 1360. The molecule has 0 aliphatic rings. The molecule has 0 saturated heterocycles. The maximum atomic E-state index is 12.9. The first kappa shape index (κ1) is 73.1. The fourth-order valence-electron chi connectivity index (χ4n) is 9.83. The average Bonchev–Trinajstić information content (AvgIpc) is 3.42. The molecule has 0 bridgehead atoms. The SMILES string of the molecule is CC/C=C\C/C=C\C/C=C\C/C=C\C/C=C\CCCCCCCC(=O)OC(COC(=O)CCCCCCCCCCCCCCCC)COC(=O)CCCCCCCCCCCCCCCCCCCCCCCCC. The van der Waals surface area contributed by atoms with Crippen molar-refractivity contribution in [1.29, 1.82) is 0 Å². The van der Waals surface area contributed by atoms with Crippen LogP contribution in [0, 0.1) is 0 Å². The molecule has 0 N–H and O–H groups in total. The van der Waals surface area contributed by atoms with E-state index in [1.807, 2.05) is 0 Å². The van der Waals surface area contributed by atoms with Crippen molar-refractivity contribution in [1.82, 2.24) is 0 Å². The highest BCUT2D eigenvalue weighted by Gasteiger charge is 2.19. The van der Waals surface area contributed by atoms with E-state index in [4.69, 9.17) is 14.2 Å². The number of rotatable bonds is 61. The normalized spacial score (nSPS) is 12.4. The van der Waals surface area contributed by atoms with Crippen LogP contribution in [0.4, 0.5) is 0 Å². The first-order valence-electron chi connectivity index (χ1n) is 33.3. The Morgan fingerprint density at radius 3 is 0.803 bits per heavy atom. The van der Waals surface area contributed by atoms with Gasteiger partial charge in [-0.25, -0.2) is 0 Å². The van der Waals surface area contributed by atoms with Gasteiger partial charge in [0.15, 0.2) is 6.10 Å². The molecule has 1 atom stereocenters. The predicted molar refractivity (Wildman–Crippen MR) is 330 cm³/mol. The Kier molecular flexibility index (Phi) is 62.2. The van der Waals surface area contributed by atoms with Crippen LogP contribution in [0.25, 0.3) is 0 Å². The van der Waals surface area contributed by atoms with Crippen molar-refractivity contribution >= 4 is 17.9 Å². The van der Waals surface area contributed by atoms with Crippen LogP contribution < -0.4 is 0 Å². The summed E-state index contributed by atoms with van der Waals surface area (Å²) in [6, 6.07) is 0. The van der Waals surface area contributed by atoms with Gasteiger partial charge in [-0.3, -0.25) is 14.4 Å². The third-order valence-electron chi connectivity index (χ3n) is 14.8. The molecule has 0 aromatic rings. The van der Waals surface area contributed by atoms with Crippen LogP contribution in [-0.2, 0) is 28.6 Å². The van der Waals surface area contributed by atoms with Gasteiger partial charge in [0.2, 0.25) is 0 Å². The number of carbonyl (C=O) groups excluding carboxylic acids is 3. The lowest BCUT2D eigenvalue weighted by molar-refractivity contribution is -0.167. The molecule has 0 spiro atoms. The van der Waals surface area contributed by atoms with Gasteiger partial charge in [-0.1, -0.05) is 326 Å². The van der Waals surface area contributed by atoms with Crippen molar-refractivity contribution in [2.45, 2.75) is 354 Å². The van der Waals surface area contributed by atoms with Gasteiger partial charge < -0.3 is 14.2 Å². The fraction of sp³-hybridized carbons (Fsp3) is 0.814. The monoisotopic (exact) mass is 1060 g/mol. The Balaban J connectivity index is 4.32. The minimum Gasteiger partial charge on any atom is -0.462 e. The number of hydrogen-bond acceptors (Lipinski definition) is 6. The molecule has 0 saturated carbocycles. The molecule has 0 aromatic carbocycles. The van der Waals surface area contributed by atoms with Crippen molar-refractivity contribution in [3.05, 3.63) is 60.8 Å². The highest BCUT2D eigenvalue weighted by molar-refractivity contribution is 5.71. The Labute approximate surface area is 472 Å². The lowest BCUT2D eigenvalue weighted by Gasteiger charge is -2.18. The molecule has 0 rings (SSSR count). The van der Waals surface area contributed by atoms with Gasteiger partial charge in [0, 0.05) is 19.3 Å². The molecular formula is C70H126O6. The van der Waals surface area contributed by atoms with Gasteiger partial charge in [-0.15, -0.1) is 0 Å². The molecule has 442 valence electrons. The molecule has 0 fully saturated rings. The van der Waals surface area contributed by atoms with Crippen molar-refractivity contribution in [3.63, 3.8) is 0 Å². The summed E-state index contributed by atoms with van der Waals surface area (Å²) in [5.41, 5.74) is 0. The van der Waals surface area contributed by atoms with Gasteiger partial charge in [-0.2, -0.15) is 0 Å². The second-order valence-electron chi connectivity index (χ2n) is 22.4. The van der Waals surface area contributed by atoms with Gasteiger partial charge in [0.25, 0.3) is 0 Å². The van der Waals surface area contributed by atoms with E-state index in [-0.39, 0.29) is 31.1 Å². The summed E-state index contributed by atoms with van der Waals surface area (Å²) < 4.78 is 17.0. The Hall–Kier alpha value is -2.89. The molecule has 6 heteroatoms. The van der Waals surface area contributed by atoms with E-state index in [2.05, 4.69) is 81.5 Å². The second-order valence-corrected chi connectivity index (χ2v) is 22.4. The standard InChI is InChI=1S/C70H126O6/c1-4-7-10-13-16-19-22-25-28-30-32-34-35-37-38-40-42-45-48-51-54-57-60-63-69(72)75-66-67(65-74-68(71)62-59-56-53-50-47-44-27-24-21-18-15-12-9-6-3)76-70(73)64-61-58-55-52-49-46-43-41-39-36-33-31-29-26-23-20-17-14-11-8-5-2/h8,11,17,20,26,29,33,36,41,43,67H,4-7,9-10,12-16,18-19,21-25,27-28,30-32,34-35,37-40,42,44-66H2,1-3H3/b11-8-,20-17-,29-26-,36-33-,43-41-. The minimum absolute atomic E-state index is 0.0775. The predicted octanol–water partition coefficient (Wildman–Crippen LogP) is 22.7. The molecule has 1 unspecified atom stereocenters. The number of unbranched alkanes of at least 4 members (excludes halogenated alkanes) is 40. The van der Waals surface area contributed by atoms with Crippen LogP contribution in [0.2, 0.25) is 0 Å². The van der Waals surface area contributed by atoms with Crippen LogP contribution >= 0.6 is 0 Å². The van der Waals surface area contributed by atoms with Crippen molar-refractivity contribution in [2.24, 2.45) is 0 Å².